The van der Waals surface area contributed by atoms with Gasteiger partial charge in [-0.2, -0.15) is 0 Å². The van der Waals surface area contributed by atoms with E-state index in [0.717, 1.165) is 25.7 Å². The van der Waals surface area contributed by atoms with Crippen LogP contribution in [0.4, 0.5) is 0 Å². The normalized spacial score (nSPS) is 25.8. The lowest BCUT2D eigenvalue weighted by Gasteiger charge is -2.34. The average Bonchev–Trinajstić information content (AvgIpc) is 2.49. The van der Waals surface area contributed by atoms with Crippen LogP contribution in [0.3, 0.4) is 0 Å². The summed E-state index contributed by atoms with van der Waals surface area (Å²) >= 11 is 0. The third-order valence-electron chi connectivity index (χ3n) is 3.87. The summed E-state index contributed by atoms with van der Waals surface area (Å²) in [5.41, 5.74) is -0.834. The second kappa shape index (κ2) is 5.17. The smallest absolute Gasteiger partial charge is 0.229 e. The molecule has 0 aromatic rings. The molecule has 2 aliphatic rings. The first-order valence-electron chi connectivity index (χ1n) is 6.66. The van der Waals surface area contributed by atoms with Crippen molar-refractivity contribution in [2.24, 2.45) is 0 Å². The van der Waals surface area contributed by atoms with Gasteiger partial charge in [0, 0.05) is 12.8 Å². The summed E-state index contributed by atoms with van der Waals surface area (Å²) in [6.07, 6.45) is 7.25. The third kappa shape index (κ3) is 3.06. The van der Waals surface area contributed by atoms with Crippen LogP contribution >= 0.6 is 0 Å². The van der Waals surface area contributed by atoms with Gasteiger partial charge in [-0.05, 0) is 19.3 Å². The average molecular weight is 239 g/mol. The van der Waals surface area contributed by atoms with E-state index in [4.69, 9.17) is 0 Å². The van der Waals surface area contributed by atoms with Gasteiger partial charge in [0.05, 0.1) is 12.1 Å². The number of carbonyl (C=O) groups excluding carboxylic acids is 2. The van der Waals surface area contributed by atoms with Crippen LogP contribution in [0.1, 0.15) is 57.8 Å². The number of hydrogen-bond acceptors (Lipinski definition) is 3. The van der Waals surface area contributed by atoms with Crippen LogP contribution in [0, 0.1) is 0 Å². The van der Waals surface area contributed by atoms with E-state index in [2.05, 4.69) is 0 Å². The Morgan fingerprint density at radius 1 is 0.941 bits per heavy atom. The minimum Gasteiger partial charge on any atom is -0.388 e. The van der Waals surface area contributed by atoms with Crippen molar-refractivity contribution in [3.05, 3.63) is 0 Å². The Morgan fingerprint density at radius 3 is 2.00 bits per heavy atom. The molecule has 1 aliphatic heterocycles. The molecule has 1 aliphatic carbocycles. The van der Waals surface area contributed by atoms with E-state index in [-0.39, 0.29) is 18.4 Å². The quantitative estimate of drug-likeness (QED) is 0.588. The van der Waals surface area contributed by atoms with Crippen molar-refractivity contribution < 1.29 is 14.7 Å². The van der Waals surface area contributed by atoms with Gasteiger partial charge < -0.3 is 5.11 Å². The molecule has 2 fully saturated rings. The number of aliphatic hydroxyl groups is 1. The van der Waals surface area contributed by atoms with Crippen molar-refractivity contribution in [2.45, 2.75) is 63.4 Å². The lowest BCUT2D eigenvalue weighted by molar-refractivity contribution is -0.152. The zero-order valence-electron chi connectivity index (χ0n) is 10.3. The Labute approximate surface area is 102 Å². The highest BCUT2D eigenvalue weighted by Gasteiger charge is 2.35. The summed E-state index contributed by atoms with van der Waals surface area (Å²) in [6, 6.07) is 0. The van der Waals surface area contributed by atoms with Gasteiger partial charge in [-0.3, -0.25) is 14.5 Å². The summed E-state index contributed by atoms with van der Waals surface area (Å²) in [5.74, 6) is -0.224. The Balaban J connectivity index is 2.02. The largest absolute Gasteiger partial charge is 0.388 e. The predicted molar refractivity (Wildman–Crippen MR) is 63.2 cm³/mol. The molecule has 1 N–H and O–H groups in total. The van der Waals surface area contributed by atoms with Gasteiger partial charge in [0.1, 0.15) is 0 Å². The summed E-state index contributed by atoms with van der Waals surface area (Å²) in [7, 11) is 0. The van der Waals surface area contributed by atoms with E-state index in [1.165, 1.54) is 4.90 Å². The molecule has 0 spiro atoms. The first kappa shape index (κ1) is 12.6. The first-order valence-corrected chi connectivity index (χ1v) is 6.66. The molecule has 96 valence electrons. The number of nitrogens with zero attached hydrogens (tertiary/aromatic N) is 1. The molecule has 1 saturated heterocycles. The monoisotopic (exact) mass is 239 g/mol. The van der Waals surface area contributed by atoms with Crippen LogP contribution in [-0.2, 0) is 9.59 Å². The van der Waals surface area contributed by atoms with E-state index in [9.17, 15) is 14.7 Å². The van der Waals surface area contributed by atoms with Gasteiger partial charge in [-0.15, -0.1) is 0 Å². The second-order valence-electron chi connectivity index (χ2n) is 5.37. The number of carbonyl (C=O) groups is 2. The number of imide groups is 1. The Hall–Kier alpha value is -0.900. The van der Waals surface area contributed by atoms with Crippen molar-refractivity contribution >= 4 is 11.8 Å². The highest BCUT2D eigenvalue weighted by atomic mass is 16.3. The molecular formula is C13H21NO3. The van der Waals surface area contributed by atoms with E-state index in [0.29, 0.717) is 32.1 Å². The third-order valence-corrected chi connectivity index (χ3v) is 3.87. The van der Waals surface area contributed by atoms with E-state index in [1.54, 1.807) is 0 Å². The number of rotatable bonds is 2. The maximum absolute atomic E-state index is 11.7. The van der Waals surface area contributed by atoms with Gasteiger partial charge in [-0.1, -0.05) is 25.7 Å². The number of piperidine rings is 1. The Kier molecular flexibility index (Phi) is 3.82. The molecule has 0 atom stereocenters. The molecule has 1 heterocycles. The molecule has 4 heteroatoms. The van der Waals surface area contributed by atoms with Crippen molar-refractivity contribution in [2.75, 3.05) is 6.54 Å². The van der Waals surface area contributed by atoms with Crippen molar-refractivity contribution in [3.8, 4) is 0 Å². The summed E-state index contributed by atoms with van der Waals surface area (Å²) in [5, 5.41) is 10.5. The Morgan fingerprint density at radius 2 is 1.47 bits per heavy atom. The van der Waals surface area contributed by atoms with Gasteiger partial charge in [0.25, 0.3) is 0 Å². The van der Waals surface area contributed by atoms with Crippen molar-refractivity contribution in [1.82, 2.24) is 4.90 Å². The van der Waals surface area contributed by atoms with E-state index < -0.39 is 5.60 Å². The van der Waals surface area contributed by atoms with Crippen LogP contribution in [0.25, 0.3) is 0 Å². The number of hydrogen-bond donors (Lipinski definition) is 1. The number of likely N-dealkylation sites (tertiary alicyclic amines) is 1. The summed E-state index contributed by atoms with van der Waals surface area (Å²) in [6.45, 7) is 0.213. The van der Waals surface area contributed by atoms with Crippen LogP contribution in [-0.4, -0.2) is 34.0 Å². The molecule has 2 amide bonds. The topological polar surface area (TPSA) is 57.6 Å². The molecule has 0 aromatic carbocycles. The number of β-amino-alcohol motifs (C(OH)–C–C–N with tert-alkyl or cyclic N) is 1. The van der Waals surface area contributed by atoms with Crippen LogP contribution < -0.4 is 0 Å². The van der Waals surface area contributed by atoms with Gasteiger partial charge in [0.2, 0.25) is 11.8 Å². The molecule has 0 radical (unpaired) electrons. The van der Waals surface area contributed by atoms with Gasteiger partial charge in [-0.25, -0.2) is 0 Å². The van der Waals surface area contributed by atoms with Crippen molar-refractivity contribution in [1.29, 1.82) is 0 Å². The maximum atomic E-state index is 11.7. The van der Waals surface area contributed by atoms with Crippen molar-refractivity contribution in [3.63, 3.8) is 0 Å². The fourth-order valence-electron chi connectivity index (χ4n) is 2.82. The summed E-state index contributed by atoms with van der Waals surface area (Å²) in [4.78, 5) is 24.7. The Bertz CT molecular complexity index is 290. The minimum absolute atomic E-state index is 0.112. The standard InChI is InChI=1S/C13H21NO3/c15-11-6-5-7-12(16)14(11)10-13(17)8-3-1-2-4-9-13/h17H,1-10H2. The minimum atomic E-state index is -0.834. The highest BCUT2D eigenvalue weighted by Crippen LogP contribution is 2.29. The lowest BCUT2D eigenvalue weighted by Crippen LogP contribution is -2.49. The molecule has 0 bridgehead atoms. The zero-order chi connectivity index (χ0) is 12.3. The van der Waals surface area contributed by atoms with Gasteiger partial charge in [0.15, 0.2) is 0 Å². The fourth-order valence-corrected chi connectivity index (χ4v) is 2.82. The maximum Gasteiger partial charge on any atom is 0.229 e. The van der Waals surface area contributed by atoms with Gasteiger partial charge >= 0.3 is 0 Å². The lowest BCUT2D eigenvalue weighted by atomic mass is 9.93. The van der Waals surface area contributed by atoms with E-state index in [1.807, 2.05) is 0 Å². The zero-order valence-corrected chi connectivity index (χ0v) is 10.3. The summed E-state index contributed by atoms with van der Waals surface area (Å²) < 4.78 is 0. The second-order valence-corrected chi connectivity index (χ2v) is 5.37. The van der Waals surface area contributed by atoms with Crippen LogP contribution in [0.5, 0.6) is 0 Å². The predicted octanol–water partition coefficient (Wildman–Crippen LogP) is 1.61. The molecule has 2 rings (SSSR count). The highest BCUT2D eigenvalue weighted by molar-refractivity contribution is 5.97. The molecule has 17 heavy (non-hydrogen) atoms. The SMILES string of the molecule is O=C1CCCC(=O)N1CC1(O)CCCCCC1. The number of amides is 2. The molecule has 4 nitrogen and oxygen atoms in total. The van der Waals surface area contributed by atoms with Crippen LogP contribution in [0.15, 0.2) is 0 Å². The van der Waals surface area contributed by atoms with Crippen LogP contribution in [0.2, 0.25) is 0 Å². The molecular weight excluding hydrogens is 218 g/mol. The fraction of sp³-hybridized carbons (Fsp3) is 0.846. The first-order chi connectivity index (χ1) is 8.11. The molecule has 1 saturated carbocycles. The molecule has 0 aromatic heterocycles. The van der Waals surface area contributed by atoms with E-state index >= 15 is 0 Å². The molecule has 0 unspecified atom stereocenters.